The average molecular weight is 415 g/mol. The fourth-order valence-corrected chi connectivity index (χ4v) is 3.02. The standard InChI is InChI=1S/C16H17Br2NO2/c1-9(2)14(8-20)19-7-11-5-10-6-12(17)3-4-13(10)15(18)16(11)21/h3-7,9,14,20-21H,8H2,1-2H3/t14-/m1/s1. The number of phenolic OH excluding ortho intramolecular Hbond substituents is 1. The number of aliphatic hydroxyl groups excluding tert-OH is 1. The molecule has 0 aliphatic heterocycles. The quantitative estimate of drug-likeness (QED) is 0.723. The van der Waals surface area contributed by atoms with Crippen LogP contribution in [0, 0.1) is 5.92 Å². The predicted molar refractivity (Wildman–Crippen MR) is 94.3 cm³/mol. The van der Waals surface area contributed by atoms with E-state index in [1.807, 2.05) is 38.1 Å². The summed E-state index contributed by atoms with van der Waals surface area (Å²) in [5.41, 5.74) is 0.631. The summed E-state index contributed by atoms with van der Waals surface area (Å²) in [6, 6.07) is 7.58. The number of hydrogen-bond acceptors (Lipinski definition) is 3. The molecule has 0 bridgehead atoms. The zero-order chi connectivity index (χ0) is 15.6. The average Bonchev–Trinajstić information content (AvgIpc) is 2.44. The molecule has 0 spiro atoms. The van der Waals surface area contributed by atoms with Crippen LogP contribution in [0.3, 0.4) is 0 Å². The Morgan fingerprint density at radius 1 is 1.24 bits per heavy atom. The number of hydrogen-bond donors (Lipinski definition) is 2. The van der Waals surface area contributed by atoms with Crippen molar-refractivity contribution in [2.75, 3.05) is 6.61 Å². The minimum Gasteiger partial charge on any atom is -0.506 e. The Morgan fingerprint density at radius 3 is 2.57 bits per heavy atom. The molecule has 2 aromatic rings. The molecule has 0 aromatic heterocycles. The van der Waals surface area contributed by atoms with E-state index in [1.165, 1.54) is 0 Å². The molecular formula is C16H17Br2NO2. The van der Waals surface area contributed by atoms with Crippen molar-refractivity contribution in [2.45, 2.75) is 19.9 Å². The second-order valence-electron chi connectivity index (χ2n) is 5.27. The van der Waals surface area contributed by atoms with Crippen molar-refractivity contribution in [3.05, 3.63) is 38.8 Å². The minimum atomic E-state index is -0.165. The van der Waals surface area contributed by atoms with Gasteiger partial charge in [0.2, 0.25) is 0 Å². The highest BCUT2D eigenvalue weighted by Crippen LogP contribution is 2.36. The molecule has 0 fully saturated rings. The number of benzene rings is 2. The van der Waals surface area contributed by atoms with Crippen LogP contribution in [0.2, 0.25) is 0 Å². The summed E-state index contributed by atoms with van der Waals surface area (Å²) >= 11 is 6.88. The van der Waals surface area contributed by atoms with Gasteiger partial charge in [0.25, 0.3) is 0 Å². The third kappa shape index (κ3) is 3.65. The summed E-state index contributed by atoms with van der Waals surface area (Å²) in [5, 5.41) is 21.5. The summed E-state index contributed by atoms with van der Waals surface area (Å²) < 4.78 is 1.63. The van der Waals surface area contributed by atoms with Gasteiger partial charge < -0.3 is 10.2 Å². The van der Waals surface area contributed by atoms with Gasteiger partial charge in [0.1, 0.15) is 5.75 Å². The van der Waals surface area contributed by atoms with Gasteiger partial charge in [-0.25, -0.2) is 0 Å². The van der Waals surface area contributed by atoms with E-state index >= 15 is 0 Å². The van der Waals surface area contributed by atoms with E-state index < -0.39 is 0 Å². The van der Waals surface area contributed by atoms with Gasteiger partial charge in [-0.05, 0) is 50.8 Å². The number of aliphatic imine (C=N–C) groups is 1. The summed E-state index contributed by atoms with van der Waals surface area (Å²) in [5.74, 6) is 0.403. The predicted octanol–water partition coefficient (Wildman–Crippen LogP) is 4.51. The highest BCUT2D eigenvalue weighted by atomic mass is 79.9. The van der Waals surface area contributed by atoms with Crippen LogP contribution >= 0.6 is 31.9 Å². The Bertz CT molecular complexity index is 684. The van der Waals surface area contributed by atoms with Crippen molar-refractivity contribution in [3.8, 4) is 5.75 Å². The first-order valence-corrected chi connectivity index (χ1v) is 8.27. The molecule has 2 aromatic carbocycles. The Morgan fingerprint density at radius 2 is 1.95 bits per heavy atom. The highest BCUT2D eigenvalue weighted by Gasteiger charge is 2.12. The molecule has 21 heavy (non-hydrogen) atoms. The molecule has 0 aliphatic rings. The first kappa shape index (κ1) is 16.5. The second kappa shape index (κ2) is 6.90. The number of aliphatic hydroxyl groups is 1. The SMILES string of the molecule is CC(C)[C@@H](CO)N=Cc1cc2cc(Br)ccc2c(Br)c1O. The number of nitrogens with zero attached hydrogens (tertiary/aromatic N) is 1. The van der Waals surface area contributed by atoms with Gasteiger partial charge in [-0.1, -0.05) is 35.8 Å². The Labute approximate surface area is 141 Å². The first-order chi connectivity index (χ1) is 9.93. The van der Waals surface area contributed by atoms with E-state index in [9.17, 15) is 10.2 Å². The molecule has 0 amide bonds. The topological polar surface area (TPSA) is 52.8 Å². The third-order valence-electron chi connectivity index (χ3n) is 3.40. The molecule has 2 N–H and O–H groups in total. The van der Waals surface area contributed by atoms with E-state index in [1.54, 1.807) is 6.21 Å². The molecule has 1 atom stereocenters. The summed E-state index contributed by atoms with van der Waals surface area (Å²) in [6.07, 6.45) is 1.63. The lowest BCUT2D eigenvalue weighted by Crippen LogP contribution is -2.17. The van der Waals surface area contributed by atoms with Gasteiger partial charge >= 0.3 is 0 Å². The number of aromatic hydroxyl groups is 1. The molecule has 0 heterocycles. The van der Waals surface area contributed by atoms with E-state index in [-0.39, 0.29) is 24.3 Å². The summed E-state index contributed by atoms with van der Waals surface area (Å²) in [4.78, 5) is 4.38. The van der Waals surface area contributed by atoms with Crippen LogP contribution < -0.4 is 0 Å². The van der Waals surface area contributed by atoms with Crippen molar-refractivity contribution in [3.63, 3.8) is 0 Å². The van der Waals surface area contributed by atoms with Crippen LogP contribution in [0.15, 0.2) is 38.2 Å². The van der Waals surface area contributed by atoms with Crippen LogP contribution in [-0.4, -0.2) is 29.1 Å². The van der Waals surface area contributed by atoms with Gasteiger partial charge in [0.05, 0.1) is 17.1 Å². The van der Waals surface area contributed by atoms with Crippen LogP contribution in [0.1, 0.15) is 19.4 Å². The minimum absolute atomic E-state index is 0.00473. The zero-order valence-electron chi connectivity index (χ0n) is 11.8. The molecular weight excluding hydrogens is 398 g/mol. The van der Waals surface area contributed by atoms with Gasteiger partial charge in [-0.2, -0.15) is 0 Å². The molecule has 0 aliphatic carbocycles. The summed E-state index contributed by atoms with van der Waals surface area (Å²) in [7, 11) is 0. The monoisotopic (exact) mass is 413 g/mol. The Balaban J connectivity index is 2.49. The maximum Gasteiger partial charge on any atom is 0.139 e. The summed E-state index contributed by atoms with van der Waals surface area (Å²) in [6.45, 7) is 4.01. The van der Waals surface area contributed by atoms with E-state index in [2.05, 4.69) is 36.9 Å². The molecule has 0 saturated carbocycles. The number of rotatable bonds is 4. The van der Waals surface area contributed by atoms with Gasteiger partial charge in [0.15, 0.2) is 0 Å². The number of fused-ring (bicyclic) bond motifs is 1. The van der Waals surface area contributed by atoms with Crippen LogP contribution in [-0.2, 0) is 0 Å². The lowest BCUT2D eigenvalue weighted by atomic mass is 10.0. The smallest absolute Gasteiger partial charge is 0.139 e. The largest absolute Gasteiger partial charge is 0.506 e. The molecule has 112 valence electrons. The van der Waals surface area contributed by atoms with Crippen LogP contribution in [0.4, 0.5) is 0 Å². The van der Waals surface area contributed by atoms with Crippen molar-refractivity contribution in [1.82, 2.24) is 0 Å². The van der Waals surface area contributed by atoms with Crippen LogP contribution in [0.5, 0.6) is 5.75 Å². The van der Waals surface area contributed by atoms with Crippen molar-refractivity contribution in [1.29, 1.82) is 0 Å². The lowest BCUT2D eigenvalue weighted by Gasteiger charge is -2.13. The van der Waals surface area contributed by atoms with E-state index in [0.717, 1.165) is 15.2 Å². The van der Waals surface area contributed by atoms with Crippen LogP contribution in [0.25, 0.3) is 10.8 Å². The van der Waals surface area contributed by atoms with Gasteiger partial charge in [-0.15, -0.1) is 0 Å². The molecule has 0 radical (unpaired) electrons. The maximum atomic E-state index is 10.3. The molecule has 0 saturated heterocycles. The second-order valence-corrected chi connectivity index (χ2v) is 6.97. The Hall–Kier alpha value is -0.910. The normalized spacial score (nSPS) is 13.4. The highest BCUT2D eigenvalue weighted by molar-refractivity contribution is 9.11. The number of phenols is 1. The fraction of sp³-hybridized carbons (Fsp3) is 0.312. The maximum absolute atomic E-state index is 10.3. The fourth-order valence-electron chi connectivity index (χ4n) is 2.05. The van der Waals surface area contributed by atoms with E-state index in [4.69, 9.17) is 0 Å². The molecule has 5 heteroatoms. The molecule has 3 nitrogen and oxygen atoms in total. The van der Waals surface area contributed by atoms with Crippen molar-refractivity contribution >= 4 is 48.8 Å². The van der Waals surface area contributed by atoms with Gasteiger partial charge in [-0.3, -0.25) is 4.99 Å². The van der Waals surface area contributed by atoms with Crippen molar-refractivity contribution < 1.29 is 10.2 Å². The Kier molecular flexibility index (Phi) is 5.41. The van der Waals surface area contributed by atoms with E-state index in [0.29, 0.717) is 10.0 Å². The van der Waals surface area contributed by atoms with Gasteiger partial charge in [0, 0.05) is 16.3 Å². The van der Waals surface area contributed by atoms with Crippen molar-refractivity contribution in [2.24, 2.45) is 10.9 Å². The lowest BCUT2D eigenvalue weighted by molar-refractivity contribution is 0.240. The number of halogens is 2. The third-order valence-corrected chi connectivity index (χ3v) is 4.70. The molecule has 2 rings (SSSR count). The zero-order valence-corrected chi connectivity index (χ0v) is 15.0. The molecule has 0 unspecified atom stereocenters. The first-order valence-electron chi connectivity index (χ1n) is 6.68.